The molecular formula is C22H21ClN2O. The maximum absolute atomic E-state index is 12.9. The van der Waals surface area contributed by atoms with E-state index in [1.54, 1.807) is 0 Å². The molecule has 0 saturated carbocycles. The molecule has 3 aromatic rings. The standard InChI is InChI=1S/C22H21ClN2O/c1-16-11-13-19(14-12-16)25-22(26)21(17-7-3-2-4-8-17)24-15-18-9-5-6-10-20(18)23/h2-14,21,24H,15H2,1H3,(H,25,26). The molecule has 0 heterocycles. The van der Waals surface area contributed by atoms with Crippen LogP contribution in [0, 0.1) is 6.92 Å². The molecule has 3 nitrogen and oxygen atoms in total. The Labute approximate surface area is 159 Å². The number of halogens is 1. The van der Waals surface area contributed by atoms with Gasteiger partial charge in [-0.1, -0.05) is 77.8 Å². The van der Waals surface area contributed by atoms with Crippen LogP contribution in [0.25, 0.3) is 0 Å². The van der Waals surface area contributed by atoms with Crippen molar-refractivity contribution in [3.63, 3.8) is 0 Å². The van der Waals surface area contributed by atoms with E-state index in [-0.39, 0.29) is 5.91 Å². The van der Waals surface area contributed by atoms with Gasteiger partial charge in [-0.15, -0.1) is 0 Å². The molecule has 26 heavy (non-hydrogen) atoms. The van der Waals surface area contributed by atoms with Crippen molar-refractivity contribution in [2.75, 3.05) is 5.32 Å². The minimum absolute atomic E-state index is 0.105. The van der Waals surface area contributed by atoms with Crippen molar-refractivity contribution in [2.45, 2.75) is 19.5 Å². The second-order valence-corrected chi connectivity index (χ2v) is 6.58. The fourth-order valence-corrected chi connectivity index (χ4v) is 2.92. The van der Waals surface area contributed by atoms with Crippen molar-refractivity contribution in [3.8, 4) is 0 Å². The molecule has 0 saturated heterocycles. The van der Waals surface area contributed by atoms with Gasteiger partial charge in [-0.25, -0.2) is 0 Å². The smallest absolute Gasteiger partial charge is 0.246 e. The molecule has 0 aliphatic heterocycles. The van der Waals surface area contributed by atoms with Gasteiger partial charge in [-0.2, -0.15) is 0 Å². The van der Waals surface area contributed by atoms with Gasteiger partial charge in [-0.05, 0) is 36.2 Å². The van der Waals surface area contributed by atoms with Gasteiger partial charge in [0, 0.05) is 17.3 Å². The van der Waals surface area contributed by atoms with Crippen molar-refractivity contribution in [1.29, 1.82) is 0 Å². The average molecular weight is 365 g/mol. The Bertz CT molecular complexity index is 863. The first-order chi connectivity index (χ1) is 12.6. The van der Waals surface area contributed by atoms with Crippen LogP contribution in [0.1, 0.15) is 22.7 Å². The van der Waals surface area contributed by atoms with Crippen molar-refractivity contribution >= 4 is 23.2 Å². The Balaban J connectivity index is 1.78. The SMILES string of the molecule is Cc1ccc(NC(=O)C(NCc2ccccc2Cl)c2ccccc2)cc1. The zero-order chi connectivity index (χ0) is 18.4. The molecule has 0 aliphatic carbocycles. The summed E-state index contributed by atoms with van der Waals surface area (Å²) in [4.78, 5) is 12.9. The molecule has 3 aromatic carbocycles. The molecule has 4 heteroatoms. The first-order valence-corrected chi connectivity index (χ1v) is 8.90. The molecule has 1 unspecified atom stereocenters. The number of carbonyl (C=O) groups is 1. The van der Waals surface area contributed by atoms with Gasteiger partial charge < -0.3 is 5.32 Å². The van der Waals surface area contributed by atoms with Gasteiger partial charge in [0.1, 0.15) is 6.04 Å². The van der Waals surface area contributed by atoms with Crippen molar-refractivity contribution in [1.82, 2.24) is 5.32 Å². The molecule has 132 valence electrons. The summed E-state index contributed by atoms with van der Waals surface area (Å²) >= 11 is 6.24. The van der Waals surface area contributed by atoms with Crippen LogP contribution in [0.4, 0.5) is 5.69 Å². The molecule has 1 atom stereocenters. The molecule has 0 fully saturated rings. The van der Waals surface area contributed by atoms with E-state index in [9.17, 15) is 4.79 Å². The normalized spacial score (nSPS) is 11.8. The van der Waals surface area contributed by atoms with Crippen LogP contribution in [0.2, 0.25) is 5.02 Å². The second kappa shape index (κ2) is 8.65. The summed E-state index contributed by atoms with van der Waals surface area (Å²) < 4.78 is 0. The lowest BCUT2D eigenvalue weighted by atomic mass is 10.1. The van der Waals surface area contributed by atoms with Crippen LogP contribution < -0.4 is 10.6 Å². The van der Waals surface area contributed by atoms with E-state index in [1.165, 1.54) is 0 Å². The molecule has 1 amide bonds. The monoisotopic (exact) mass is 364 g/mol. The number of nitrogens with one attached hydrogen (secondary N) is 2. The predicted octanol–water partition coefficient (Wildman–Crippen LogP) is 5.12. The Hall–Kier alpha value is -2.62. The number of aryl methyl sites for hydroxylation is 1. The molecular weight excluding hydrogens is 344 g/mol. The number of hydrogen-bond acceptors (Lipinski definition) is 2. The predicted molar refractivity (Wildman–Crippen MR) is 107 cm³/mol. The van der Waals surface area contributed by atoms with Crippen LogP contribution in [0.3, 0.4) is 0 Å². The van der Waals surface area contributed by atoms with E-state index in [1.807, 2.05) is 85.8 Å². The van der Waals surface area contributed by atoms with E-state index < -0.39 is 6.04 Å². The Morgan fingerprint density at radius 2 is 1.58 bits per heavy atom. The lowest BCUT2D eigenvalue weighted by molar-refractivity contribution is -0.118. The number of amides is 1. The van der Waals surface area contributed by atoms with E-state index >= 15 is 0 Å². The average Bonchev–Trinajstić information content (AvgIpc) is 2.66. The van der Waals surface area contributed by atoms with Gasteiger partial charge >= 0.3 is 0 Å². The summed E-state index contributed by atoms with van der Waals surface area (Å²) in [7, 11) is 0. The lowest BCUT2D eigenvalue weighted by Crippen LogP contribution is -2.32. The summed E-state index contributed by atoms with van der Waals surface area (Å²) in [5.41, 5.74) is 3.79. The van der Waals surface area contributed by atoms with E-state index in [4.69, 9.17) is 11.6 Å². The highest BCUT2D eigenvalue weighted by atomic mass is 35.5. The maximum Gasteiger partial charge on any atom is 0.246 e. The van der Waals surface area contributed by atoms with E-state index in [0.29, 0.717) is 11.6 Å². The minimum atomic E-state index is -0.478. The largest absolute Gasteiger partial charge is 0.324 e. The fourth-order valence-electron chi connectivity index (χ4n) is 2.71. The summed E-state index contributed by atoms with van der Waals surface area (Å²) in [6.07, 6.45) is 0. The zero-order valence-corrected chi connectivity index (χ0v) is 15.3. The maximum atomic E-state index is 12.9. The van der Waals surface area contributed by atoms with Crippen LogP contribution in [0.5, 0.6) is 0 Å². The third kappa shape index (κ3) is 4.72. The molecule has 0 radical (unpaired) electrons. The van der Waals surface area contributed by atoms with Gasteiger partial charge in [0.2, 0.25) is 5.91 Å². The van der Waals surface area contributed by atoms with Gasteiger partial charge in [0.05, 0.1) is 0 Å². The first-order valence-electron chi connectivity index (χ1n) is 8.53. The second-order valence-electron chi connectivity index (χ2n) is 6.17. The number of anilines is 1. The molecule has 0 aliphatic rings. The first kappa shape index (κ1) is 18.2. The van der Waals surface area contributed by atoms with Crippen LogP contribution in [-0.4, -0.2) is 5.91 Å². The molecule has 0 spiro atoms. The minimum Gasteiger partial charge on any atom is -0.324 e. The number of benzene rings is 3. The highest BCUT2D eigenvalue weighted by molar-refractivity contribution is 6.31. The summed E-state index contributed by atoms with van der Waals surface area (Å²) in [5, 5.41) is 7.00. The quantitative estimate of drug-likeness (QED) is 0.637. The highest BCUT2D eigenvalue weighted by Gasteiger charge is 2.20. The van der Waals surface area contributed by atoms with Gasteiger partial charge in [-0.3, -0.25) is 10.1 Å². The fraction of sp³-hybridized carbons (Fsp3) is 0.136. The summed E-state index contributed by atoms with van der Waals surface area (Å²) in [6, 6.07) is 24.6. The summed E-state index contributed by atoms with van der Waals surface area (Å²) in [6.45, 7) is 2.52. The van der Waals surface area contributed by atoms with E-state index in [0.717, 1.165) is 22.4 Å². The van der Waals surface area contributed by atoms with Crippen LogP contribution >= 0.6 is 11.6 Å². The van der Waals surface area contributed by atoms with Crippen LogP contribution in [0.15, 0.2) is 78.9 Å². The zero-order valence-electron chi connectivity index (χ0n) is 14.6. The third-order valence-electron chi connectivity index (χ3n) is 4.17. The number of carbonyl (C=O) groups excluding carboxylic acids is 1. The van der Waals surface area contributed by atoms with Gasteiger partial charge in [0.15, 0.2) is 0 Å². The Morgan fingerprint density at radius 1 is 0.923 bits per heavy atom. The van der Waals surface area contributed by atoms with Gasteiger partial charge in [0.25, 0.3) is 0 Å². The van der Waals surface area contributed by atoms with Crippen molar-refractivity contribution in [2.24, 2.45) is 0 Å². The van der Waals surface area contributed by atoms with Crippen molar-refractivity contribution in [3.05, 3.63) is 101 Å². The Kier molecular flexibility index (Phi) is 6.05. The molecule has 3 rings (SSSR count). The number of hydrogen-bond donors (Lipinski definition) is 2. The molecule has 0 aromatic heterocycles. The van der Waals surface area contributed by atoms with Crippen LogP contribution in [-0.2, 0) is 11.3 Å². The molecule has 2 N–H and O–H groups in total. The number of rotatable bonds is 6. The van der Waals surface area contributed by atoms with E-state index in [2.05, 4.69) is 10.6 Å². The summed E-state index contributed by atoms with van der Waals surface area (Å²) in [5.74, 6) is -0.105. The Morgan fingerprint density at radius 3 is 2.27 bits per heavy atom. The molecule has 0 bridgehead atoms. The lowest BCUT2D eigenvalue weighted by Gasteiger charge is -2.19. The van der Waals surface area contributed by atoms with Crippen molar-refractivity contribution < 1.29 is 4.79 Å². The topological polar surface area (TPSA) is 41.1 Å². The highest BCUT2D eigenvalue weighted by Crippen LogP contribution is 2.20. The third-order valence-corrected chi connectivity index (χ3v) is 4.54.